The third-order valence-electron chi connectivity index (χ3n) is 1.67. The van der Waals surface area contributed by atoms with E-state index in [0.29, 0.717) is 0 Å². The molecule has 0 atom stereocenters. The van der Waals surface area contributed by atoms with Gasteiger partial charge in [0, 0.05) is 6.61 Å². The van der Waals surface area contributed by atoms with E-state index in [2.05, 4.69) is 13.1 Å². The van der Waals surface area contributed by atoms with E-state index in [4.69, 9.17) is 4.43 Å². The van der Waals surface area contributed by atoms with Gasteiger partial charge in [-0.3, -0.25) is 0 Å². The SMILES string of the molecule is C[Si]1(C)CCCCO1.[LiH]. The zero-order valence-corrected chi connectivity index (χ0v) is 6.74. The Morgan fingerprint density at radius 3 is 2.11 bits per heavy atom. The normalized spacial score (nSPS) is 24.7. The number of hydrogen-bond acceptors (Lipinski definition) is 1. The van der Waals surface area contributed by atoms with Crippen LogP contribution in [0.5, 0.6) is 0 Å². The van der Waals surface area contributed by atoms with Crippen molar-refractivity contribution in [3.05, 3.63) is 0 Å². The summed E-state index contributed by atoms with van der Waals surface area (Å²) < 4.78 is 5.60. The Balaban J connectivity index is 0.000000640. The van der Waals surface area contributed by atoms with E-state index < -0.39 is 8.32 Å². The summed E-state index contributed by atoms with van der Waals surface area (Å²) in [5.74, 6) is 0. The molecule has 1 aliphatic heterocycles. The summed E-state index contributed by atoms with van der Waals surface area (Å²) >= 11 is 0. The standard InChI is InChI=1S/C6H14OSi.Li.H/c1-8(2)6-4-3-5-7-8;;/h3-6H2,1-2H3;;. The van der Waals surface area contributed by atoms with Crippen molar-refractivity contribution in [2.75, 3.05) is 6.61 Å². The van der Waals surface area contributed by atoms with Gasteiger partial charge in [-0.1, -0.05) is 6.42 Å². The molecule has 1 heterocycles. The van der Waals surface area contributed by atoms with Crippen molar-refractivity contribution < 1.29 is 4.43 Å². The quantitative estimate of drug-likeness (QED) is 0.459. The molecule has 1 nitrogen and oxygen atoms in total. The van der Waals surface area contributed by atoms with Gasteiger partial charge in [-0.25, -0.2) is 0 Å². The molecule has 0 bridgehead atoms. The molecule has 0 aliphatic carbocycles. The molecule has 3 heteroatoms. The predicted molar refractivity (Wildman–Crippen MR) is 44.6 cm³/mol. The molecule has 0 aromatic carbocycles. The minimum absolute atomic E-state index is 0. The van der Waals surface area contributed by atoms with Crippen molar-refractivity contribution in [1.82, 2.24) is 0 Å². The summed E-state index contributed by atoms with van der Waals surface area (Å²) in [6, 6.07) is 1.37. The van der Waals surface area contributed by atoms with Crippen LogP contribution in [0.1, 0.15) is 12.8 Å². The fourth-order valence-electron chi connectivity index (χ4n) is 1.07. The van der Waals surface area contributed by atoms with Gasteiger partial charge in [-0.05, 0) is 25.6 Å². The monoisotopic (exact) mass is 138 g/mol. The van der Waals surface area contributed by atoms with Crippen molar-refractivity contribution >= 4 is 27.2 Å². The van der Waals surface area contributed by atoms with E-state index in [1.807, 2.05) is 0 Å². The fraction of sp³-hybridized carbons (Fsp3) is 1.00. The third-order valence-corrected chi connectivity index (χ3v) is 4.21. The van der Waals surface area contributed by atoms with Crippen molar-refractivity contribution in [3.8, 4) is 0 Å². The van der Waals surface area contributed by atoms with E-state index in [0.717, 1.165) is 6.61 Å². The third kappa shape index (κ3) is 3.47. The average molecular weight is 138 g/mol. The average Bonchev–Trinajstić information content (AvgIpc) is 1.65. The van der Waals surface area contributed by atoms with Crippen LogP contribution in [-0.4, -0.2) is 33.8 Å². The van der Waals surface area contributed by atoms with Crippen LogP contribution >= 0.6 is 0 Å². The molecule has 0 radical (unpaired) electrons. The molecule has 0 aromatic heterocycles. The Morgan fingerprint density at radius 1 is 1.22 bits per heavy atom. The molecule has 50 valence electrons. The molecule has 1 rings (SSSR count). The molecule has 1 saturated heterocycles. The van der Waals surface area contributed by atoms with Crippen LogP contribution in [0.3, 0.4) is 0 Å². The van der Waals surface area contributed by atoms with Crippen LogP contribution in [0.4, 0.5) is 0 Å². The first-order chi connectivity index (χ1) is 3.71. The second kappa shape index (κ2) is 3.83. The molecule has 0 unspecified atom stereocenters. The molecule has 9 heavy (non-hydrogen) atoms. The molecular formula is C6H15LiOSi. The van der Waals surface area contributed by atoms with Gasteiger partial charge >= 0.3 is 18.9 Å². The summed E-state index contributed by atoms with van der Waals surface area (Å²) in [5, 5.41) is 0. The van der Waals surface area contributed by atoms with Gasteiger partial charge in [-0.2, -0.15) is 0 Å². The van der Waals surface area contributed by atoms with Gasteiger partial charge in [0.05, 0.1) is 0 Å². The molecular weight excluding hydrogens is 123 g/mol. The number of rotatable bonds is 0. The van der Waals surface area contributed by atoms with E-state index in [9.17, 15) is 0 Å². The second-order valence-electron chi connectivity index (χ2n) is 3.07. The predicted octanol–water partition coefficient (Wildman–Crippen LogP) is 1.35. The maximum atomic E-state index is 5.60. The van der Waals surface area contributed by atoms with Gasteiger partial charge in [-0.15, -0.1) is 0 Å². The van der Waals surface area contributed by atoms with Crippen LogP contribution < -0.4 is 0 Å². The summed E-state index contributed by atoms with van der Waals surface area (Å²) in [7, 11) is -1.09. The Morgan fingerprint density at radius 2 is 1.89 bits per heavy atom. The molecule has 0 saturated carbocycles. The van der Waals surface area contributed by atoms with Crippen LogP contribution in [0, 0.1) is 0 Å². The number of hydrogen-bond donors (Lipinski definition) is 0. The first kappa shape index (κ1) is 9.77. The van der Waals surface area contributed by atoms with Crippen molar-refractivity contribution in [2.24, 2.45) is 0 Å². The summed E-state index contributed by atoms with van der Waals surface area (Å²) in [4.78, 5) is 0. The van der Waals surface area contributed by atoms with Gasteiger partial charge in [0.15, 0.2) is 8.32 Å². The molecule has 1 fully saturated rings. The van der Waals surface area contributed by atoms with Crippen LogP contribution in [0.2, 0.25) is 19.1 Å². The first-order valence-electron chi connectivity index (χ1n) is 3.35. The topological polar surface area (TPSA) is 9.23 Å². The fourth-order valence-corrected chi connectivity index (χ4v) is 3.02. The van der Waals surface area contributed by atoms with Crippen molar-refractivity contribution in [1.29, 1.82) is 0 Å². The first-order valence-corrected chi connectivity index (χ1v) is 6.46. The second-order valence-corrected chi connectivity index (χ2v) is 7.37. The van der Waals surface area contributed by atoms with E-state index >= 15 is 0 Å². The van der Waals surface area contributed by atoms with Crippen molar-refractivity contribution in [2.45, 2.75) is 32.0 Å². The van der Waals surface area contributed by atoms with E-state index in [-0.39, 0.29) is 18.9 Å². The van der Waals surface area contributed by atoms with Gasteiger partial charge in [0.2, 0.25) is 0 Å². The Labute approximate surface area is 70.5 Å². The molecule has 0 aromatic rings. The van der Waals surface area contributed by atoms with Gasteiger partial charge in [0.25, 0.3) is 0 Å². The maximum absolute atomic E-state index is 5.60. The van der Waals surface area contributed by atoms with Gasteiger partial charge in [0.1, 0.15) is 0 Å². The van der Waals surface area contributed by atoms with E-state index in [1.54, 1.807) is 0 Å². The molecule has 1 aliphatic rings. The Kier molecular flexibility index (Phi) is 4.15. The van der Waals surface area contributed by atoms with Crippen LogP contribution in [-0.2, 0) is 4.43 Å². The summed E-state index contributed by atoms with van der Waals surface area (Å²) in [6.07, 6.45) is 2.69. The molecule has 0 amide bonds. The Hall–Kier alpha value is 0.774. The minimum atomic E-state index is -1.09. The molecule has 0 N–H and O–H groups in total. The molecule has 0 spiro atoms. The van der Waals surface area contributed by atoms with Crippen LogP contribution in [0.25, 0.3) is 0 Å². The summed E-state index contributed by atoms with van der Waals surface area (Å²) in [5.41, 5.74) is 0. The van der Waals surface area contributed by atoms with E-state index in [1.165, 1.54) is 18.9 Å². The van der Waals surface area contributed by atoms with Crippen molar-refractivity contribution in [3.63, 3.8) is 0 Å². The summed E-state index contributed by atoms with van der Waals surface area (Å²) in [6.45, 7) is 5.62. The zero-order chi connectivity index (χ0) is 6.04. The zero-order valence-electron chi connectivity index (χ0n) is 5.74. The Bertz CT molecular complexity index is 77.1. The van der Waals surface area contributed by atoms with Crippen LogP contribution in [0.15, 0.2) is 0 Å². The van der Waals surface area contributed by atoms with Gasteiger partial charge < -0.3 is 4.43 Å².